The zero-order valence-corrected chi connectivity index (χ0v) is 21.4. The second-order valence-corrected chi connectivity index (χ2v) is 9.38. The highest BCUT2D eigenvalue weighted by Crippen LogP contribution is 2.35. The first kappa shape index (κ1) is 25.9. The van der Waals surface area contributed by atoms with E-state index >= 15 is 0 Å². The molecule has 2 N–H and O–H groups in total. The standard InChI is InChI=1S/C27H35N3O6/c1-5-8-18-13-20(27(32)33)25-21(28-18)14-30(29-25)15-24(36-19-9-6-7-10-19)26(31)17-11-22(34-3)16(2)23(12-17)35-4/h11-14,19,24,26,31H,5-10,15H2,1-4H3,(H,32,33). The van der Waals surface area contributed by atoms with Gasteiger partial charge in [0.1, 0.15) is 34.7 Å². The van der Waals surface area contributed by atoms with Crippen molar-refractivity contribution >= 4 is 17.0 Å². The van der Waals surface area contributed by atoms with E-state index in [1.54, 1.807) is 43.3 Å². The highest BCUT2D eigenvalue weighted by molar-refractivity contribution is 6.00. The molecule has 3 aromatic rings. The van der Waals surface area contributed by atoms with E-state index in [0.29, 0.717) is 34.5 Å². The maximum absolute atomic E-state index is 11.9. The van der Waals surface area contributed by atoms with Crippen molar-refractivity contribution in [3.05, 3.63) is 46.8 Å². The van der Waals surface area contributed by atoms with Gasteiger partial charge in [-0.25, -0.2) is 9.78 Å². The van der Waals surface area contributed by atoms with E-state index in [4.69, 9.17) is 14.2 Å². The summed E-state index contributed by atoms with van der Waals surface area (Å²) in [5.41, 5.74) is 3.16. The molecule has 9 heteroatoms. The summed E-state index contributed by atoms with van der Waals surface area (Å²) in [6.07, 6.45) is 5.79. The van der Waals surface area contributed by atoms with Crippen LogP contribution < -0.4 is 9.47 Å². The second-order valence-electron chi connectivity index (χ2n) is 9.38. The van der Waals surface area contributed by atoms with Gasteiger partial charge in [0.25, 0.3) is 0 Å². The number of methoxy groups -OCH3 is 2. The van der Waals surface area contributed by atoms with Crippen molar-refractivity contribution in [1.82, 2.24) is 14.8 Å². The summed E-state index contributed by atoms with van der Waals surface area (Å²) in [6, 6.07) is 5.19. The van der Waals surface area contributed by atoms with Gasteiger partial charge < -0.3 is 24.4 Å². The van der Waals surface area contributed by atoms with Crippen LogP contribution in [-0.4, -0.2) is 57.4 Å². The molecule has 9 nitrogen and oxygen atoms in total. The lowest BCUT2D eigenvalue weighted by molar-refractivity contribution is -0.0845. The highest BCUT2D eigenvalue weighted by atomic mass is 16.5. The van der Waals surface area contributed by atoms with E-state index < -0.39 is 18.2 Å². The molecule has 0 bridgehead atoms. The maximum Gasteiger partial charge on any atom is 0.338 e. The molecule has 4 rings (SSSR count). The molecule has 1 aliphatic carbocycles. The van der Waals surface area contributed by atoms with Crippen LogP contribution in [0.1, 0.15) is 72.3 Å². The van der Waals surface area contributed by atoms with Crippen molar-refractivity contribution in [3.8, 4) is 11.5 Å². The van der Waals surface area contributed by atoms with Gasteiger partial charge in [0.15, 0.2) is 0 Å². The number of carboxylic acid groups (broad SMARTS) is 1. The maximum atomic E-state index is 11.9. The molecular formula is C27H35N3O6. The van der Waals surface area contributed by atoms with Gasteiger partial charge >= 0.3 is 5.97 Å². The first-order chi connectivity index (χ1) is 17.3. The Morgan fingerprint density at radius 3 is 2.42 bits per heavy atom. The largest absolute Gasteiger partial charge is 0.496 e. The molecule has 2 aromatic heterocycles. The quantitative estimate of drug-likeness (QED) is 0.399. The number of nitrogens with zero attached hydrogens (tertiary/aromatic N) is 3. The van der Waals surface area contributed by atoms with Crippen molar-refractivity contribution in [2.75, 3.05) is 14.2 Å². The third-order valence-electron chi connectivity index (χ3n) is 6.81. The molecule has 1 aliphatic rings. The molecule has 2 unspecified atom stereocenters. The third kappa shape index (κ3) is 5.47. The third-order valence-corrected chi connectivity index (χ3v) is 6.81. The molecule has 0 amide bonds. The first-order valence-corrected chi connectivity index (χ1v) is 12.5. The van der Waals surface area contributed by atoms with Gasteiger partial charge in [0, 0.05) is 11.3 Å². The Hall–Kier alpha value is -3.17. The van der Waals surface area contributed by atoms with Crippen LogP contribution in [0.25, 0.3) is 11.0 Å². The molecule has 0 saturated heterocycles. The lowest BCUT2D eigenvalue weighted by Crippen LogP contribution is -2.31. The zero-order valence-electron chi connectivity index (χ0n) is 21.4. The fourth-order valence-corrected chi connectivity index (χ4v) is 4.91. The van der Waals surface area contributed by atoms with Crippen molar-refractivity contribution < 1.29 is 29.2 Å². The van der Waals surface area contributed by atoms with E-state index in [-0.39, 0.29) is 18.2 Å². The number of rotatable bonds is 11. The normalized spacial score (nSPS) is 15.8. The van der Waals surface area contributed by atoms with Crippen molar-refractivity contribution in [3.63, 3.8) is 0 Å². The summed E-state index contributed by atoms with van der Waals surface area (Å²) in [6.45, 7) is 4.15. The highest BCUT2D eigenvalue weighted by Gasteiger charge is 2.29. The van der Waals surface area contributed by atoms with E-state index in [2.05, 4.69) is 10.1 Å². The molecular weight excluding hydrogens is 462 g/mol. The summed E-state index contributed by atoms with van der Waals surface area (Å²) in [7, 11) is 3.17. The monoisotopic (exact) mass is 497 g/mol. The summed E-state index contributed by atoms with van der Waals surface area (Å²) >= 11 is 0. The number of carboxylic acids is 1. The number of aryl methyl sites for hydroxylation is 1. The van der Waals surface area contributed by atoms with Crippen LogP contribution >= 0.6 is 0 Å². The number of pyridine rings is 1. The van der Waals surface area contributed by atoms with Crippen LogP contribution in [0.5, 0.6) is 11.5 Å². The van der Waals surface area contributed by atoms with Gasteiger partial charge in [0.05, 0.1) is 38.6 Å². The number of hydrogen-bond donors (Lipinski definition) is 2. The van der Waals surface area contributed by atoms with E-state index in [0.717, 1.165) is 43.4 Å². The summed E-state index contributed by atoms with van der Waals surface area (Å²) in [5, 5.41) is 25.8. The lowest BCUT2D eigenvalue weighted by atomic mass is 10.0. The second kappa shape index (κ2) is 11.3. The number of aliphatic hydroxyl groups is 1. The van der Waals surface area contributed by atoms with E-state index in [1.165, 1.54) is 0 Å². The zero-order chi connectivity index (χ0) is 25.8. The lowest BCUT2D eigenvalue weighted by Gasteiger charge is -2.27. The number of aromatic carboxylic acids is 1. The number of aliphatic hydroxyl groups excluding tert-OH is 1. The molecule has 1 aromatic carbocycles. The van der Waals surface area contributed by atoms with Gasteiger partial charge in [0.2, 0.25) is 0 Å². The number of aromatic nitrogens is 3. The van der Waals surface area contributed by atoms with Crippen molar-refractivity contribution in [2.24, 2.45) is 0 Å². The summed E-state index contributed by atoms with van der Waals surface area (Å²) in [4.78, 5) is 16.5. The Balaban J connectivity index is 1.70. The van der Waals surface area contributed by atoms with Crippen LogP contribution in [0.3, 0.4) is 0 Å². The summed E-state index contributed by atoms with van der Waals surface area (Å²) < 4.78 is 19.1. The molecule has 1 saturated carbocycles. The van der Waals surface area contributed by atoms with E-state index in [1.807, 2.05) is 13.8 Å². The van der Waals surface area contributed by atoms with Gasteiger partial charge in [-0.15, -0.1) is 0 Å². The number of benzene rings is 1. The van der Waals surface area contributed by atoms with Crippen molar-refractivity contribution in [1.29, 1.82) is 0 Å². The Bertz CT molecular complexity index is 1190. The van der Waals surface area contributed by atoms with Crippen LogP contribution in [0, 0.1) is 6.92 Å². The molecule has 2 heterocycles. The fourth-order valence-electron chi connectivity index (χ4n) is 4.91. The molecule has 0 radical (unpaired) electrons. The molecule has 0 aliphatic heterocycles. The molecule has 1 fully saturated rings. The Morgan fingerprint density at radius 2 is 1.83 bits per heavy atom. The summed E-state index contributed by atoms with van der Waals surface area (Å²) in [5.74, 6) is 0.195. The Morgan fingerprint density at radius 1 is 1.17 bits per heavy atom. The SMILES string of the molecule is CCCc1cc(C(=O)O)c2nn(CC(OC3CCCC3)C(O)c3cc(OC)c(C)c(OC)c3)cc2n1. The molecule has 2 atom stereocenters. The van der Waals surface area contributed by atoms with Gasteiger partial charge in [-0.3, -0.25) is 4.68 Å². The minimum Gasteiger partial charge on any atom is -0.496 e. The first-order valence-electron chi connectivity index (χ1n) is 12.5. The van der Waals surface area contributed by atoms with Crippen LogP contribution in [0.4, 0.5) is 0 Å². The number of fused-ring (bicyclic) bond motifs is 1. The fraction of sp³-hybridized carbons (Fsp3) is 0.519. The van der Waals surface area contributed by atoms with Gasteiger partial charge in [-0.2, -0.15) is 5.10 Å². The van der Waals surface area contributed by atoms with Gasteiger partial charge in [-0.1, -0.05) is 26.2 Å². The Kier molecular flexibility index (Phi) is 8.11. The van der Waals surface area contributed by atoms with Crippen molar-refractivity contribution in [2.45, 2.75) is 77.2 Å². The average Bonchev–Trinajstić information content (AvgIpc) is 3.52. The Labute approximate surface area is 211 Å². The average molecular weight is 498 g/mol. The van der Waals surface area contributed by atoms with Crippen LogP contribution in [0.2, 0.25) is 0 Å². The topological polar surface area (TPSA) is 116 Å². The molecule has 0 spiro atoms. The van der Waals surface area contributed by atoms with Gasteiger partial charge in [-0.05, 0) is 49.9 Å². The molecule has 36 heavy (non-hydrogen) atoms. The molecule has 194 valence electrons. The smallest absolute Gasteiger partial charge is 0.338 e. The predicted octanol–water partition coefficient (Wildman–Crippen LogP) is 4.47. The number of ether oxygens (including phenoxy) is 3. The van der Waals surface area contributed by atoms with Crippen LogP contribution in [0.15, 0.2) is 24.4 Å². The van der Waals surface area contributed by atoms with E-state index in [9.17, 15) is 15.0 Å². The minimum absolute atomic E-state index is 0.0488. The number of hydrogen-bond acceptors (Lipinski definition) is 7. The van der Waals surface area contributed by atoms with Crippen LogP contribution in [-0.2, 0) is 17.7 Å². The number of carbonyl (C=O) groups is 1. The minimum atomic E-state index is -1.04. The predicted molar refractivity (Wildman–Crippen MR) is 135 cm³/mol.